The molecule has 0 spiro atoms. The molecule has 0 bridgehead atoms. The minimum Gasteiger partial charge on any atom is -0.369 e. The van der Waals surface area contributed by atoms with E-state index in [1.807, 2.05) is 24.4 Å². The number of benzene rings is 1. The van der Waals surface area contributed by atoms with Crippen molar-refractivity contribution < 1.29 is 0 Å². The first-order chi connectivity index (χ1) is 9.20. The smallest absolute Gasteiger partial charge is 0.143 e. The van der Waals surface area contributed by atoms with Crippen molar-refractivity contribution in [2.75, 3.05) is 11.9 Å². The summed E-state index contributed by atoms with van der Waals surface area (Å²) in [6.07, 6.45) is 3.69. The summed E-state index contributed by atoms with van der Waals surface area (Å²) in [4.78, 5) is 9.00. The Balaban J connectivity index is 2.19. The summed E-state index contributed by atoms with van der Waals surface area (Å²) in [5, 5.41) is 3.33. The highest BCUT2D eigenvalue weighted by molar-refractivity contribution is 14.1. The third-order valence-electron chi connectivity index (χ3n) is 2.64. The van der Waals surface area contributed by atoms with Crippen LogP contribution < -0.4 is 5.32 Å². The van der Waals surface area contributed by atoms with Crippen LogP contribution in [0.25, 0.3) is 0 Å². The summed E-state index contributed by atoms with van der Waals surface area (Å²) in [7, 11) is 0. The average molecular weight is 432 g/mol. The van der Waals surface area contributed by atoms with E-state index in [4.69, 9.17) is 0 Å². The van der Waals surface area contributed by atoms with Crippen molar-refractivity contribution in [1.29, 1.82) is 0 Å². The predicted octanol–water partition coefficient (Wildman–Crippen LogP) is 4.26. The molecule has 2 rings (SSSR count). The van der Waals surface area contributed by atoms with E-state index >= 15 is 0 Å². The average Bonchev–Trinajstić information content (AvgIpc) is 2.42. The fourth-order valence-corrected chi connectivity index (χ4v) is 2.54. The molecule has 1 N–H and O–H groups in total. The Labute approximate surface area is 135 Å². The van der Waals surface area contributed by atoms with E-state index in [-0.39, 0.29) is 0 Å². The van der Waals surface area contributed by atoms with Crippen molar-refractivity contribution in [2.24, 2.45) is 0 Å². The molecule has 0 atom stereocenters. The number of nitrogens with zero attached hydrogens (tertiary/aromatic N) is 2. The molecule has 0 radical (unpaired) electrons. The van der Waals surface area contributed by atoms with Crippen molar-refractivity contribution >= 4 is 44.3 Å². The molecule has 1 aromatic carbocycles. The molecular formula is C14H15BrIN3. The minimum atomic E-state index is 0.735. The lowest BCUT2D eigenvalue weighted by Crippen LogP contribution is -2.07. The molecule has 3 nitrogen and oxygen atoms in total. The van der Waals surface area contributed by atoms with Crippen LogP contribution in [0.4, 0.5) is 5.82 Å². The number of aromatic nitrogens is 2. The molecule has 1 aromatic heterocycles. The lowest BCUT2D eigenvalue weighted by molar-refractivity contribution is 0.925. The second kappa shape index (κ2) is 7.19. The summed E-state index contributed by atoms with van der Waals surface area (Å²) in [5.41, 5.74) is 1.20. The SMILES string of the molecule is CCCNc1nc(Cc2ccccc2Br)ncc1I. The Kier molecular flexibility index (Phi) is 5.57. The van der Waals surface area contributed by atoms with Gasteiger partial charge in [-0.25, -0.2) is 9.97 Å². The standard InChI is InChI=1S/C14H15BrIN3/c1-2-7-17-14-12(16)9-18-13(19-14)8-10-5-3-4-6-11(10)15/h3-6,9H,2,7-8H2,1H3,(H,17,18,19). The third kappa shape index (κ3) is 4.14. The van der Waals surface area contributed by atoms with Crippen LogP contribution in [-0.2, 0) is 6.42 Å². The minimum absolute atomic E-state index is 0.735. The second-order valence-electron chi connectivity index (χ2n) is 4.18. The normalized spacial score (nSPS) is 10.5. The van der Waals surface area contributed by atoms with Gasteiger partial charge in [0.25, 0.3) is 0 Å². The van der Waals surface area contributed by atoms with Gasteiger partial charge in [0, 0.05) is 23.6 Å². The molecular weight excluding hydrogens is 417 g/mol. The number of nitrogens with one attached hydrogen (secondary N) is 1. The molecule has 0 unspecified atom stereocenters. The maximum Gasteiger partial charge on any atom is 0.143 e. The molecule has 0 saturated heterocycles. The van der Waals surface area contributed by atoms with Crippen LogP contribution in [0.15, 0.2) is 34.9 Å². The van der Waals surface area contributed by atoms with Crippen LogP contribution in [0, 0.1) is 3.57 Å². The molecule has 5 heteroatoms. The molecule has 2 aromatic rings. The van der Waals surface area contributed by atoms with Crippen LogP contribution in [0.3, 0.4) is 0 Å². The third-order valence-corrected chi connectivity index (χ3v) is 4.21. The maximum absolute atomic E-state index is 4.60. The Morgan fingerprint density at radius 2 is 2.11 bits per heavy atom. The predicted molar refractivity (Wildman–Crippen MR) is 90.5 cm³/mol. The van der Waals surface area contributed by atoms with Crippen LogP contribution in [-0.4, -0.2) is 16.5 Å². The summed E-state index contributed by atoms with van der Waals surface area (Å²) in [6.45, 7) is 3.07. The summed E-state index contributed by atoms with van der Waals surface area (Å²) in [5.74, 6) is 1.77. The highest BCUT2D eigenvalue weighted by Gasteiger charge is 2.07. The van der Waals surface area contributed by atoms with Crippen LogP contribution in [0.2, 0.25) is 0 Å². The van der Waals surface area contributed by atoms with Crippen molar-refractivity contribution in [2.45, 2.75) is 19.8 Å². The van der Waals surface area contributed by atoms with Gasteiger partial charge in [-0.05, 0) is 40.6 Å². The quantitative estimate of drug-likeness (QED) is 0.719. The van der Waals surface area contributed by atoms with Gasteiger partial charge in [0.1, 0.15) is 11.6 Å². The maximum atomic E-state index is 4.60. The highest BCUT2D eigenvalue weighted by Crippen LogP contribution is 2.20. The van der Waals surface area contributed by atoms with E-state index in [2.05, 4.69) is 66.8 Å². The molecule has 0 aliphatic carbocycles. The Bertz CT molecular complexity index is 560. The van der Waals surface area contributed by atoms with Gasteiger partial charge < -0.3 is 5.32 Å². The molecule has 1 heterocycles. The fourth-order valence-electron chi connectivity index (χ4n) is 1.67. The fraction of sp³-hybridized carbons (Fsp3) is 0.286. The van der Waals surface area contributed by atoms with E-state index in [9.17, 15) is 0 Å². The monoisotopic (exact) mass is 431 g/mol. The molecule has 0 aliphatic heterocycles. The van der Waals surface area contributed by atoms with E-state index in [1.165, 1.54) is 5.56 Å². The molecule has 19 heavy (non-hydrogen) atoms. The van der Waals surface area contributed by atoms with Gasteiger partial charge in [-0.2, -0.15) is 0 Å². The van der Waals surface area contributed by atoms with E-state index in [0.717, 1.165) is 39.1 Å². The van der Waals surface area contributed by atoms with E-state index < -0.39 is 0 Å². The molecule has 0 amide bonds. The van der Waals surface area contributed by atoms with Gasteiger partial charge in [0.15, 0.2) is 0 Å². The highest BCUT2D eigenvalue weighted by atomic mass is 127. The van der Waals surface area contributed by atoms with Gasteiger partial charge >= 0.3 is 0 Å². The number of halogens is 2. The van der Waals surface area contributed by atoms with E-state index in [0.29, 0.717) is 0 Å². The molecule has 0 fully saturated rings. The second-order valence-corrected chi connectivity index (χ2v) is 6.19. The van der Waals surface area contributed by atoms with Crippen LogP contribution in [0.1, 0.15) is 24.7 Å². The summed E-state index contributed by atoms with van der Waals surface area (Å²) >= 11 is 5.81. The zero-order valence-electron chi connectivity index (χ0n) is 10.7. The zero-order valence-corrected chi connectivity index (χ0v) is 14.4. The molecule has 100 valence electrons. The van der Waals surface area contributed by atoms with Crippen molar-refractivity contribution in [3.05, 3.63) is 49.9 Å². The van der Waals surface area contributed by atoms with Gasteiger partial charge in [-0.15, -0.1) is 0 Å². The number of anilines is 1. The zero-order chi connectivity index (χ0) is 13.7. The van der Waals surface area contributed by atoms with Crippen molar-refractivity contribution in [3.63, 3.8) is 0 Å². The lowest BCUT2D eigenvalue weighted by Gasteiger charge is -2.09. The van der Waals surface area contributed by atoms with Crippen LogP contribution in [0.5, 0.6) is 0 Å². The molecule has 0 aliphatic rings. The largest absolute Gasteiger partial charge is 0.369 e. The summed E-state index contributed by atoms with van der Waals surface area (Å²) < 4.78 is 2.15. The number of rotatable bonds is 5. The Morgan fingerprint density at radius 1 is 1.32 bits per heavy atom. The van der Waals surface area contributed by atoms with Gasteiger partial charge in [0.05, 0.1) is 3.57 Å². The number of hydrogen-bond donors (Lipinski definition) is 1. The Hall–Kier alpha value is -0.690. The first-order valence-corrected chi connectivity index (χ1v) is 8.06. The topological polar surface area (TPSA) is 37.8 Å². The first kappa shape index (κ1) is 14.7. The Morgan fingerprint density at radius 3 is 2.84 bits per heavy atom. The van der Waals surface area contributed by atoms with Gasteiger partial charge in [-0.1, -0.05) is 41.1 Å². The van der Waals surface area contributed by atoms with E-state index in [1.54, 1.807) is 0 Å². The number of hydrogen-bond acceptors (Lipinski definition) is 3. The van der Waals surface area contributed by atoms with Gasteiger partial charge in [-0.3, -0.25) is 0 Å². The van der Waals surface area contributed by atoms with Crippen LogP contribution >= 0.6 is 38.5 Å². The van der Waals surface area contributed by atoms with Crippen molar-refractivity contribution in [3.8, 4) is 0 Å². The van der Waals surface area contributed by atoms with Crippen molar-refractivity contribution in [1.82, 2.24) is 9.97 Å². The molecule has 0 saturated carbocycles. The first-order valence-electron chi connectivity index (χ1n) is 6.19. The lowest BCUT2D eigenvalue weighted by atomic mass is 10.1. The van der Waals surface area contributed by atoms with Gasteiger partial charge in [0.2, 0.25) is 0 Å². The summed E-state index contributed by atoms with van der Waals surface area (Å²) in [6, 6.07) is 8.17.